The number of nitrogens with one attached hydrogen (secondary N) is 1. The molecular formula is C13H15ClN2O2S. The average molecular weight is 299 g/mol. The van der Waals surface area contributed by atoms with Crippen LogP contribution in [0.3, 0.4) is 0 Å². The molecule has 0 aliphatic heterocycles. The molecule has 2 unspecified atom stereocenters. The van der Waals surface area contributed by atoms with E-state index in [1.54, 1.807) is 6.07 Å². The third-order valence-corrected chi connectivity index (χ3v) is 4.95. The second-order valence-corrected chi connectivity index (χ2v) is 6.68. The minimum Gasteiger partial charge on any atom is -0.320 e. The van der Waals surface area contributed by atoms with Crippen molar-refractivity contribution in [3.63, 3.8) is 0 Å². The standard InChI is InChI=1S/C13H15ClN2O2S/c1-9-7-12(9)16-19(17,18)13-5-4-10(3-2-6-15)8-11(13)14/h4-5,8-9,12,16H,6-7,15H2,1H3. The second-order valence-electron chi connectivity index (χ2n) is 4.59. The highest BCUT2D eigenvalue weighted by molar-refractivity contribution is 7.89. The molecule has 0 bridgehead atoms. The summed E-state index contributed by atoms with van der Waals surface area (Å²) in [5.74, 6) is 5.89. The molecule has 2 rings (SSSR count). The first-order chi connectivity index (χ1) is 8.94. The van der Waals surface area contributed by atoms with Crippen LogP contribution in [0.1, 0.15) is 18.9 Å². The molecule has 6 heteroatoms. The van der Waals surface area contributed by atoms with Gasteiger partial charge in [-0.1, -0.05) is 30.4 Å². The molecule has 0 spiro atoms. The van der Waals surface area contributed by atoms with Crippen LogP contribution in [0.25, 0.3) is 0 Å². The average Bonchev–Trinajstić information content (AvgIpc) is 3.01. The number of sulfonamides is 1. The van der Waals surface area contributed by atoms with Gasteiger partial charge in [0, 0.05) is 11.6 Å². The van der Waals surface area contributed by atoms with Crippen molar-refractivity contribution in [2.24, 2.45) is 11.7 Å². The van der Waals surface area contributed by atoms with Crippen molar-refractivity contribution in [2.45, 2.75) is 24.3 Å². The highest BCUT2D eigenvalue weighted by atomic mass is 35.5. The summed E-state index contributed by atoms with van der Waals surface area (Å²) in [6.45, 7) is 2.25. The van der Waals surface area contributed by atoms with E-state index in [2.05, 4.69) is 16.6 Å². The lowest BCUT2D eigenvalue weighted by atomic mass is 10.2. The number of rotatable bonds is 3. The Morgan fingerprint density at radius 2 is 2.21 bits per heavy atom. The van der Waals surface area contributed by atoms with Gasteiger partial charge in [0.25, 0.3) is 0 Å². The normalized spacial score (nSPS) is 21.6. The van der Waals surface area contributed by atoms with Crippen LogP contribution < -0.4 is 10.5 Å². The Balaban J connectivity index is 2.25. The van der Waals surface area contributed by atoms with Crippen molar-refractivity contribution in [3.8, 4) is 11.8 Å². The Hall–Kier alpha value is -1.06. The van der Waals surface area contributed by atoms with Crippen LogP contribution in [0.15, 0.2) is 23.1 Å². The van der Waals surface area contributed by atoms with Gasteiger partial charge in [-0.15, -0.1) is 0 Å². The molecule has 2 atom stereocenters. The number of hydrogen-bond donors (Lipinski definition) is 2. The molecule has 4 nitrogen and oxygen atoms in total. The van der Waals surface area contributed by atoms with Crippen molar-refractivity contribution in [2.75, 3.05) is 6.54 Å². The molecule has 1 aromatic carbocycles. The fourth-order valence-electron chi connectivity index (χ4n) is 1.70. The molecule has 0 heterocycles. The fraction of sp³-hybridized carbons (Fsp3) is 0.385. The van der Waals surface area contributed by atoms with Gasteiger partial charge in [0.2, 0.25) is 10.0 Å². The predicted molar refractivity (Wildman–Crippen MR) is 75.3 cm³/mol. The van der Waals surface area contributed by atoms with Gasteiger partial charge in [-0.05, 0) is 30.5 Å². The molecule has 19 heavy (non-hydrogen) atoms. The SMILES string of the molecule is CC1CC1NS(=O)(=O)c1ccc(C#CCN)cc1Cl. The van der Waals surface area contributed by atoms with Gasteiger partial charge < -0.3 is 5.73 Å². The first-order valence-electron chi connectivity index (χ1n) is 5.95. The molecular weight excluding hydrogens is 284 g/mol. The lowest BCUT2D eigenvalue weighted by molar-refractivity contribution is 0.578. The Morgan fingerprint density at radius 1 is 1.53 bits per heavy atom. The Kier molecular flexibility index (Phi) is 4.16. The summed E-state index contributed by atoms with van der Waals surface area (Å²) in [6, 6.07) is 4.66. The van der Waals surface area contributed by atoms with Gasteiger partial charge in [-0.2, -0.15) is 0 Å². The van der Waals surface area contributed by atoms with E-state index in [1.165, 1.54) is 12.1 Å². The topological polar surface area (TPSA) is 72.2 Å². The molecule has 0 radical (unpaired) electrons. The Morgan fingerprint density at radius 3 is 2.74 bits per heavy atom. The van der Waals surface area contributed by atoms with E-state index in [1.807, 2.05) is 6.92 Å². The largest absolute Gasteiger partial charge is 0.320 e. The summed E-state index contributed by atoms with van der Waals surface area (Å²) >= 11 is 6.01. The van der Waals surface area contributed by atoms with Crippen molar-refractivity contribution in [3.05, 3.63) is 28.8 Å². The third-order valence-electron chi connectivity index (χ3n) is 2.97. The first kappa shape index (κ1) is 14.4. The first-order valence-corrected chi connectivity index (χ1v) is 7.81. The highest BCUT2D eigenvalue weighted by Crippen LogP contribution is 2.32. The summed E-state index contributed by atoms with van der Waals surface area (Å²) < 4.78 is 26.9. The van der Waals surface area contributed by atoms with Gasteiger partial charge in [0.05, 0.1) is 11.6 Å². The van der Waals surface area contributed by atoms with Crippen LogP contribution in [0.2, 0.25) is 5.02 Å². The Bertz CT molecular complexity index is 646. The molecule has 1 fully saturated rings. The number of halogens is 1. The number of hydrogen-bond acceptors (Lipinski definition) is 3. The monoisotopic (exact) mass is 298 g/mol. The summed E-state index contributed by atoms with van der Waals surface area (Å²) in [5.41, 5.74) is 5.92. The van der Waals surface area contributed by atoms with Crippen molar-refractivity contribution in [1.29, 1.82) is 0 Å². The van der Waals surface area contributed by atoms with Crippen LogP contribution in [-0.2, 0) is 10.0 Å². The van der Waals surface area contributed by atoms with Crippen molar-refractivity contribution >= 4 is 21.6 Å². The van der Waals surface area contributed by atoms with Crippen molar-refractivity contribution in [1.82, 2.24) is 4.72 Å². The van der Waals surface area contributed by atoms with E-state index >= 15 is 0 Å². The van der Waals surface area contributed by atoms with Crippen LogP contribution >= 0.6 is 11.6 Å². The smallest absolute Gasteiger partial charge is 0.242 e. The lowest BCUT2D eigenvalue weighted by Gasteiger charge is -2.08. The lowest BCUT2D eigenvalue weighted by Crippen LogP contribution is -2.27. The summed E-state index contributed by atoms with van der Waals surface area (Å²) in [6.07, 6.45) is 0.872. The van der Waals surface area contributed by atoms with Crippen LogP contribution in [0.5, 0.6) is 0 Å². The predicted octanol–water partition coefficient (Wildman–Crippen LogP) is 1.34. The minimum absolute atomic E-state index is 0.0257. The second kappa shape index (κ2) is 5.51. The van der Waals surface area contributed by atoms with E-state index in [4.69, 9.17) is 17.3 Å². The Labute approximate surface area is 118 Å². The van der Waals surface area contributed by atoms with Gasteiger partial charge in [0.1, 0.15) is 4.90 Å². The van der Waals surface area contributed by atoms with Crippen LogP contribution in [-0.4, -0.2) is 21.0 Å². The van der Waals surface area contributed by atoms with E-state index < -0.39 is 10.0 Å². The van der Waals surface area contributed by atoms with E-state index in [-0.39, 0.29) is 22.5 Å². The molecule has 0 saturated heterocycles. The fourth-order valence-corrected chi connectivity index (χ4v) is 3.60. The zero-order chi connectivity index (χ0) is 14.0. The molecule has 0 amide bonds. The maximum absolute atomic E-state index is 12.1. The molecule has 102 valence electrons. The van der Waals surface area contributed by atoms with Crippen molar-refractivity contribution < 1.29 is 8.42 Å². The van der Waals surface area contributed by atoms with Crippen LogP contribution in [0.4, 0.5) is 0 Å². The molecule has 1 aliphatic rings. The van der Waals surface area contributed by atoms with E-state index in [9.17, 15) is 8.42 Å². The van der Waals surface area contributed by atoms with E-state index in [0.29, 0.717) is 11.5 Å². The highest BCUT2D eigenvalue weighted by Gasteiger charge is 2.36. The number of benzene rings is 1. The zero-order valence-electron chi connectivity index (χ0n) is 10.5. The van der Waals surface area contributed by atoms with Gasteiger partial charge in [-0.3, -0.25) is 0 Å². The van der Waals surface area contributed by atoms with Gasteiger partial charge >= 0.3 is 0 Å². The van der Waals surface area contributed by atoms with E-state index in [0.717, 1.165) is 6.42 Å². The van der Waals surface area contributed by atoms with Crippen LogP contribution in [0, 0.1) is 17.8 Å². The summed E-state index contributed by atoms with van der Waals surface area (Å²) in [5, 5.41) is 0.171. The maximum atomic E-state index is 12.1. The molecule has 1 saturated carbocycles. The quantitative estimate of drug-likeness (QED) is 0.827. The third kappa shape index (κ3) is 3.48. The minimum atomic E-state index is -3.55. The molecule has 3 N–H and O–H groups in total. The summed E-state index contributed by atoms with van der Waals surface area (Å²) in [7, 11) is -3.55. The number of nitrogens with two attached hydrogens (primary N) is 1. The molecule has 1 aromatic rings. The maximum Gasteiger partial charge on any atom is 0.242 e. The molecule has 1 aliphatic carbocycles. The zero-order valence-corrected chi connectivity index (χ0v) is 12.1. The van der Waals surface area contributed by atoms with Gasteiger partial charge in [-0.25, -0.2) is 13.1 Å². The van der Waals surface area contributed by atoms with Gasteiger partial charge in [0.15, 0.2) is 0 Å². The summed E-state index contributed by atoms with van der Waals surface area (Å²) in [4.78, 5) is 0.0894. The molecule has 0 aromatic heterocycles.